The van der Waals surface area contributed by atoms with Crippen molar-refractivity contribution in [3.63, 3.8) is 0 Å². The monoisotopic (exact) mass is 458 g/mol. The minimum Gasteiger partial charge on any atom is -0.493 e. The van der Waals surface area contributed by atoms with Crippen LogP contribution in [0.2, 0.25) is 0 Å². The summed E-state index contributed by atoms with van der Waals surface area (Å²) in [7, 11) is 0. The first-order valence-corrected chi connectivity index (χ1v) is 11.3. The van der Waals surface area contributed by atoms with Crippen LogP contribution in [0, 0.1) is 11.7 Å². The third-order valence-corrected chi connectivity index (χ3v) is 5.43. The number of aromatic carboxylic acids is 1. The van der Waals surface area contributed by atoms with E-state index in [9.17, 15) is 14.3 Å². The van der Waals surface area contributed by atoms with Gasteiger partial charge in [0.1, 0.15) is 11.6 Å². The Bertz CT molecular complexity index is 1280. The quantitative estimate of drug-likeness (QED) is 0.318. The van der Waals surface area contributed by atoms with E-state index in [4.69, 9.17) is 9.84 Å². The average Bonchev–Trinajstić information content (AvgIpc) is 3.26. The molecule has 3 aromatic carbocycles. The second-order valence-electron chi connectivity index (χ2n) is 8.60. The van der Waals surface area contributed by atoms with Gasteiger partial charge in [-0.3, -0.25) is 4.68 Å². The number of rotatable bonds is 9. The van der Waals surface area contributed by atoms with E-state index in [1.54, 1.807) is 18.2 Å². The van der Waals surface area contributed by atoms with Crippen LogP contribution >= 0.6 is 0 Å². The van der Waals surface area contributed by atoms with Gasteiger partial charge in [0, 0.05) is 17.7 Å². The highest BCUT2D eigenvalue weighted by Crippen LogP contribution is 2.34. The fourth-order valence-corrected chi connectivity index (χ4v) is 3.72. The standard InChI is InChI=1S/C28H27FN2O3/c1-19(2)18-34-27-12-11-22(28(32)33)16-24(27)25-17-26(21-9-6-10-23(29)15-21)31(30-25)14-13-20-7-4-3-5-8-20/h3-12,15-17,19H,13-14,18H2,1-2H3,(H,32,33). The van der Waals surface area contributed by atoms with E-state index in [2.05, 4.69) is 12.1 Å². The molecule has 0 aliphatic heterocycles. The SMILES string of the molecule is CC(C)COc1ccc(C(=O)O)cc1-c1cc(-c2cccc(F)c2)n(CCc2ccccc2)n1. The molecule has 0 radical (unpaired) electrons. The van der Waals surface area contributed by atoms with E-state index in [1.165, 1.54) is 23.8 Å². The van der Waals surface area contributed by atoms with Crippen molar-refractivity contribution in [3.8, 4) is 28.3 Å². The van der Waals surface area contributed by atoms with Gasteiger partial charge in [-0.05, 0) is 54.3 Å². The molecule has 1 aromatic heterocycles. The molecule has 0 amide bonds. The maximum absolute atomic E-state index is 14.0. The van der Waals surface area contributed by atoms with Crippen LogP contribution in [-0.4, -0.2) is 27.5 Å². The zero-order valence-electron chi connectivity index (χ0n) is 19.2. The van der Waals surface area contributed by atoms with Crippen molar-refractivity contribution < 1.29 is 19.0 Å². The molecule has 174 valence electrons. The number of benzene rings is 3. The Morgan fingerprint density at radius 2 is 1.82 bits per heavy atom. The molecule has 34 heavy (non-hydrogen) atoms. The van der Waals surface area contributed by atoms with Crippen molar-refractivity contribution in [3.05, 3.63) is 95.8 Å². The summed E-state index contributed by atoms with van der Waals surface area (Å²) in [6, 6.07) is 23.1. The molecule has 1 heterocycles. The van der Waals surface area contributed by atoms with Crippen molar-refractivity contribution in [2.45, 2.75) is 26.8 Å². The highest BCUT2D eigenvalue weighted by molar-refractivity contribution is 5.90. The van der Waals surface area contributed by atoms with E-state index in [0.717, 1.165) is 12.1 Å². The molecule has 0 bridgehead atoms. The molecule has 4 aromatic rings. The maximum Gasteiger partial charge on any atom is 0.335 e. The summed E-state index contributed by atoms with van der Waals surface area (Å²) in [5.41, 5.74) is 3.94. The summed E-state index contributed by atoms with van der Waals surface area (Å²) in [4.78, 5) is 11.6. The second-order valence-corrected chi connectivity index (χ2v) is 8.60. The summed E-state index contributed by atoms with van der Waals surface area (Å²) >= 11 is 0. The number of carboxylic acid groups (broad SMARTS) is 1. The highest BCUT2D eigenvalue weighted by Gasteiger charge is 2.18. The molecule has 0 saturated heterocycles. The molecule has 0 fully saturated rings. The van der Waals surface area contributed by atoms with E-state index in [1.807, 2.05) is 48.9 Å². The van der Waals surface area contributed by atoms with Gasteiger partial charge in [-0.15, -0.1) is 0 Å². The van der Waals surface area contributed by atoms with Crippen LogP contribution < -0.4 is 4.74 Å². The number of carbonyl (C=O) groups is 1. The van der Waals surface area contributed by atoms with E-state index >= 15 is 0 Å². The lowest BCUT2D eigenvalue weighted by atomic mass is 10.0. The van der Waals surface area contributed by atoms with Crippen molar-refractivity contribution in [2.75, 3.05) is 6.61 Å². The predicted octanol–water partition coefficient (Wildman–Crippen LogP) is 6.33. The fraction of sp³-hybridized carbons (Fsp3) is 0.214. The lowest BCUT2D eigenvalue weighted by Gasteiger charge is -2.13. The average molecular weight is 459 g/mol. The molecule has 0 aliphatic carbocycles. The van der Waals surface area contributed by atoms with Gasteiger partial charge in [0.25, 0.3) is 0 Å². The largest absolute Gasteiger partial charge is 0.493 e. The number of hydrogen-bond donors (Lipinski definition) is 1. The van der Waals surface area contributed by atoms with Gasteiger partial charge in [-0.1, -0.05) is 56.3 Å². The van der Waals surface area contributed by atoms with Crippen LogP contribution in [-0.2, 0) is 13.0 Å². The molecule has 0 spiro atoms. The van der Waals surface area contributed by atoms with Crippen LogP contribution in [0.15, 0.2) is 78.9 Å². The van der Waals surface area contributed by atoms with Gasteiger partial charge < -0.3 is 9.84 Å². The van der Waals surface area contributed by atoms with Crippen LogP contribution in [0.3, 0.4) is 0 Å². The first kappa shape index (κ1) is 23.2. The van der Waals surface area contributed by atoms with Crippen LogP contribution in [0.4, 0.5) is 4.39 Å². The van der Waals surface area contributed by atoms with Crippen molar-refractivity contribution >= 4 is 5.97 Å². The number of halogens is 1. The Balaban J connectivity index is 1.78. The lowest BCUT2D eigenvalue weighted by molar-refractivity contribution is 0.0697. The Morgan fingerprint density at radius 3 is 2.53 bits per heavy atom. The molecule has 0 atom stereocenters. The second kappa shape index (κ2) is 10.3. The predicted molar refractivity (Wildman–Crippen MR) is 130 cm³/mol. The zero-order valence-corrected chi connectivity index (χ0v) is 19.2. The van der Waals surface area contributed by atoms with Crippen molar-refractivity contribution in [1.29, 1.82) is 0 Å². The van der Waals surface area contributed by atoms with Gasteiger partial charge in [0.2, 0.25) is 0 Å². The number of nitrogens with zero attached hydrogens (tertiary/aromatic N) is 2. The Labute approximate surface area is 198 Å². The Morgan fingerprint density at radius 1 is 1.03 bits per heavy atom. The van der Waals surface area contributed by atoms with Crippen LogP contribution in [0.1, 0.15) is 29.8 Å². The molecule has 1 N–H and O–H groups in total. The number of aryl methyl sites for hydroxylation is 2. The summed E-state index contributed by atoms with van der Waals surface area (Å²) in [6.07, 6.45) is 0.746. The molecular weight excluding hydrogens is 431 g/mol. The molecular formula is C28H27FN2O3. The highest BCUT2D eigenvalue weighted by atomic mass is 19.1. The van der Waals surface area contributed by atoms with Gasteiger partial charge in [-0.25, -0.2) is 9.18 Å². The molecule has 5 nitrogen and oxygen atoms in total. The molecule has 4 rings (SSSR count). The van der Waals surface area contributed by atoms with E-state index in [0.29, 0.717) is 41.6 Å². The normalized spacial score (nSPS) is 11.1. The summed E-state index contributed by atoms with van der Waals surface area (Å²) < 4.78 is 21.9. The number of hydrogen-bond acceptors (Lipinski definition) is 3. The van der Waals surface area contributed by atoms with E-state index in [-0.39, 0.29) is 11.4 Å². The van der Waals surface area contributed by atoms with Gasteiger partial charge in [0.15, 0.2) is 0 Å². The lowest BCUT2D eigenvalue weighted by Crippen LogP contribution is -2.07. The van der Waals surface area contributed by atoms with Gasteiger partial charge >= 0.3 is 5.97 Å². The fourth-order valence-electron chi connectivity index (χ4n) is 3.72. The van der Waals surface area contributed by atoms with Gasteiger partial charge in [-0.2, -0.15) is 5.10 Å². The topological polar surface area (TPSA) is 64.3 Å². The van der Waals surface area contributed by atoms with Gasteiger partial charge in [0.05, 0.1) is 23.6 Å². The van der Waals surface area contributed by atoms with Crippen molar-refractivity contribution in [1.82, 2.24) is 9.78 Å². The number of carboxylic acids is 1. The Hall–Kier alpha value is -3.93. The summed E-state index contributed by atoms with van der Waals surface area (Å²) in [5, 5.41) is 14.3. The van der Waals surface area contributed by atoms with E-state index < -0.39 is 5.97 Å². The number of aromatic nitrogens is 2. The summed E-state index contributed by atoms with van der Waals surface area (Å²) in [5.74, 6) is -0.482. The van der Waals surface area contributed by atoms with Crippen LogP contribution in [0.5, 0.6) is 5.75 Å². The first-order valence-electron chi connectivity index (χ1n) is 11.3. The Kier molecular flexibility index (Phi) is 7.07. The molecule has 0 aliphatic rings. The molecule has 0 unspecified atom stereocenters. The molecule has 0 saturated carbocycles. The van der Waals surface area contributed by atoms with Crippen molar-refractivity contribution in [2.24, 2.45) is 5.92 Å². The van der Waals surface area contributed by atoms with Crippen LogP contribution in [0.25, 0.3) is 22.5 Å². The minimum absolute atomic E-state index is 0.151. The minimum atomic E-state index is -1.02. The third-order valence-electron chi connectivity index (χ3n) is 5.43. The number of ether oxygens (including phenoxy) is 1. The first-order chi connectivity index (χ1) is 16.4. The third kappa shape index (κ3) is 5.52. The molecule has 6 heteroatoms. The zero-order chi connectivity index (χ0) is 24.1. The maximum atomic E-state index is 14.0. The smallest absolute Gasteiger partial charge is 0.335 e. The summed E-state index contributed by atoms with van der Waals surface area (Å²) in [6.45, 7) is 5.17.